The van der Waals surface area contributed by atoms with Crippen LogP contribution < -0.4 is 0 Å². The fourth-order valence-electron chi connectivity index (χ4n) is 1.18. The van der Waals surface area contributed by atoms with E-state index in [1.165, 1.54) is 0 Å². The lowest BCUT2D eigenvalue weighted by Crippen LogP contribution is -2.41. The molecule has 0 aromatic heterocycles. The van der Waals surface area contributed by atoms with Crippen molar-refractivity contribution in [2.24, 2.45) is 0 Å². The van der Waals surface area contributed by atoms with Crippen LogP contribution in [0.2, 0.25) is 0 Å². The van der Waals surface area contributed by atoms with Gasteiger partial charge in [0.15, 0.2) is 24.4 Å². The lowest BCUT2D eigenvalue weighted by molar-refractivity contribution is -0.178. The monoisotopic (exact) mass is 382 g/mol. The summed E-state index contributed by atoms with van der Waals surface area (Å²) in [6, 6.07) is 0. The molecule has 0 aliphatic carbocycles. The standard InChI is InChI=1S/C12H14O14/c13-3(25-11(23)7(17)5(15)9(19)20)1-2-4(14)26-12(24)8(18)6(16)10(21)22/h5-8,15-18H,1-2H2,(H,19,20)(H,21,22). The molecule has 14 nitrogen and oxygen atoms in total. The van der Waals surface area contributed by atoms with Crippen molar-refractivity contribution in [3.05, 3.63) is 0 Å². The quantitative estimate of drug-likeness (QED) is 0.163. The summed E-state index contributed by atoms with van der Waals surface area (Å²) in [5.41, 5.74) is 0. The van der Waals surface area contributed by atoms with Gasteiger partial charge in [0, 0.05) is 0 Å². The predicted octanol–water partition coefficient (Wildman–Crippen LogP) is -4.48. The molecule has 0 heterocycles. The van der Waals surface area contributed by atoms with Crippen LogP contribution in [0, 0.1) is 0 Å². The zero-order chi connectivity index (χ0) is 20.6. The third-order valence-corrected chi connectivity index (χ3v) is 2.55. The zero-order valence-electron chi connectivity index (χ0n) is 12.7. The highest BCUT2D eigenvalue weighted by Gasteiger charge is 2.34. The second kappa shape index (κ2) is 10.1. The van der Waals surface area contributed by atoms with Gasteiger partial charge in [-0.2, -0.15) is 0 Å². The number of esters is 4. The van der Waals surface area contributed by atoms with Crippen LogP contribution in [-0.4, -0.2) is 90.9 Å². The van der Waals surface area contributed by atoms with E-state index >= 15 is 0 Å². The van der Waals surface area contributed by atoms with Gasteiger partial charge >= 0.3 is 35.8 Å². The van der Waals surface area contributed by atoms with Crippen molar-refractivity contribution >= 4 is 35.8 Å². The van der Waals surface area contributed by atoms with Gasteiger partial charge in [0.1, 0.15) is 0 Å². The molecule has 146 valence electrons. The molecule has 0 saturated carbocycles. The fraction of sp³-hybridized carbons (Fsp3) is 0.500. The highest BCUT2D eigenvalue weighted by atomic mass is 16.6. The normalized spacial score (nSPS) is 15.1. The maximum Gasteiger partial charge on any atom is 0.346 e. The SMILES string of the molecule is O=C(CCC(=O)OC(=O)C(O)C(O)C(=O)O)OC(=O)C(O)C(O)C(=O)O. The van der Waals surface area contributed by atoms with Gasteiger partial charge in [-0.3, -0.25) is 9.59 Å². The Morgan fingerprint density at radius 3 is 1.08 bits per heavy atom. The number of carboxylic acid groups (broad SMARTS) is 2. The largest absolute Gasteiger partial charge is 0.479 e. The van der Waals surface area contributed by atoms with Gasteiger partial charge in [-0.15, -0.1) is 0 Å². The smallest absolute Gasteiger partial charge is 0.346 e. The molecule has 0 bridgehead atoms. The molecule has 0 aliphatic heterocycles. The number of rotatable bonds is 9. The van der Waals surface area contributed by atoms with Crippen LogP contribution in [0.4, 0.5) is 0 Å². The van der Waals surface area contributed by atoms with Crippen LogP contribution in [0.15, 0.2) is 0 Å². The minimum Gasteiger partial charge on any atom is -0.479 e. The Morgan fingerprint density at radius 2 is 0.846 bits per heavy atom. The molecule has 0 fully saturated rings. The second-order valence-electron chi connectivity index (χ2n) is 4.54. The van der Waals surface area contributed by atoms with Crippen molar-refractivity contribution in [2.75, 3.05) is 0 Å². The van der Waals surface area contributed by atoms with Crippen molar-refractivity contribution in [3.63, 3.8) is 0 Å². The molecule has 0 saturated heterocycles. The first-order valence-electron chi connectivity index (χ1n) is 6.55. The predicted molar refractivity (Wildman–Crippen MR) is 70.7 cm³/mol. The number of carboxylic acids is 2. The van der Waals surface area contributed by atoms with E-state index in [1.54, 1.807) is 0 Å². The fourth-order valence-corrected chi connectivity index (χ4v) is 1.18. The van der Waals surface area contributed by atoms with Gasteiger partial charge in [0.25, 0.3) is 0 Å². The van der Waals surface area contributed by atoms with Crippen LogP contribution in [0.25, 0.3) is 0 Å². The highest BCUT2D eigenvalue weighted by molar-refractivity contribution is 5.94. The maximum absolute atomic E-state index is 11.2. The van der Waals surface area contributed by atoms with E-state index in [-0.39, 0.29) is 0 Å². The topological polar surface area (TPSA) is 242 Å². The summed E-state index contributed by atoms with van der Waals surface area (Å²) in [6.45, 7) is 0. The zero-order valence-corrected chi connectivity index (χ0v) is 12.7. The molecule has 0 spiro atoms. The molecule has 4 unspecified atom stereocenters. The number of carbonyl (C=O) groups excluding carboxylic acids is 4. The number of carbonyl (C=O) groups is 6. The Kier molecular flexibility index (Phi) is 9.00. The summed E-state index contributed by atoms with van der Waals surface area (Å²) in [5.74, 6) is -10.5. The molecule has 14 heteroatoms. The minimum atomic E-state index is -2.57. The Labute approximate surface area is 143 Å². The Hall–Kier alpha value is -2.94. The van der Waals surface area contributed by atoms with Gasteiger partial charge < -0.3 is 40.1 Å². The summed E-state index contributed by atoms with van der Waals surface area (Å²) in [5, 5.41) is 52.6. The minimum absolute atomic E-state index is 0.898. The van der Waals surface area contributed by atoms with Gasteiger partial charge in [0.05, 0.1) is 12.8 Å². The van der Waals surface area contributed by atoms with Crippen molar-refractivity contribution in [2.45, 2.75) is 37.3 Å². The van der Waals surface area contributed by atoms with E-state index in [0.717, 1.165) is 0 Å². The van der Waals surface area contributed by atoms with E-state index in [4.69, 9.17) is 30.6 Å². The van der Waals surface area contributed by atoms with Gasteiger partial charge in [-0.05, 0) is 0 Å². The van der Waals surface area contributed by atoms with Gasteiger partial charge in [0.2, 0.25) is 0 Å². The first kappa shape index (κ1) is 23.1. The number of aliphatic carboxylic acids is 2. The van der Waals surface area contributed by atoms with E-state index in [1.807, 2.05) is 0 Å². The lowest BCUT2D eigenvalue weighted by atomic mass is 10.2. The van der Waals surface area contributed by atoms with Crippen LogP contribution in [0.1, 0.15) is 12.8 Å². The summed E-state index contributed by atoms with van der Waals surface area (Å²) < 4.78 is 7.89. The van der Waals surface area contributed by atoms with E-state index in [2.05, 4.69) is 9.47 Å². The third kappa shape index (κ3) is 7.31. The Balaban J connectivity index is 4.41. The van der Waals surface area contributed by atoms with E-state index in [0.29, 0.717) is 0 Å². The number of ether oxygens (including phenoxy) is 2. The molecule has 6 N–H and O–H groups in total. The number of hydrogen-bond donors (Lipinski definition) is 6. The summed E-state index contributed by atoms with van der Waals surface area (Å²) in [6.07, 6.45) is -12.0. The molecule has 26 heavy (non-hydrogen) atoms. The average molecular weight is 382 g/mol. The molecule has 0 aromatic carbocycles. The lowest BCUT2D eigenvalue weighted by Gasteiger charge is -2.12. The van der Waals surface area contributed by atoms with Crippen LogP contribution in [0.5, 0.6) is 0 Å². The Bertz CT molecular complexity index is 543. The second-order valence-corrected chi connectivity index (χ2v) is 4.54. The molecule has 0 radical (unpaired) electrons. The summed E-state index contributed by atoms with van der Waals surface area (Å²) >= 11 is 0. The van der Waals surface area contributed by atoms with Gasteiger partial charge in [-0.25, -0.2) is 19.2 Å². The first-order chi connectivity index (χ1) is 11.9. The molecule has 0 rings (SSSR count). The molecule has 0 amide bonds. The van der Waals surface area contributed by atoms with Crippen molar-refractivity contribution in [1.29, 1.82) is 0 Å². The van der Waals surface area contributed by atoms with Crippen LogP contribution in [-0.2, 0) is 38.2 Å². The maximum atomic E-state index is 11.2. The molecular weight excluding hydrogens is 368 g/mol. The summed E-state index contributed by atoms with van der Waals surface area (Å²) in [4.78, 5) is 65.4. The molecule has 4 atom stereocenters. The highest BCUT2D eigenvalue weighted by Crippen LogP contribution is 2.03. The van der Waals surface area contributed by atoms with E-state index in [9.17, 15) is 28.8 Å². The first-order valence-corrected chi connectivity index (χ1v) is 6.55. The number of aliphatic hydroxyl groups is 4. The van der Waals surface area contributed by atoms with Crippen LogP contribution in [0.3, 0.4) is 0 Å². The van der Waals surface area contributed by atoms with Crippen LogP contribution >= 0.6 is 0 Å². The third-order valence-electron chi connectivity index (χ3n) is 2.55. The number of aliphatic hydroxyl groups excluding tert-OH is 4. The number of hydrogen-bond acceptors (Lipinski definition) is 12. The van der Waals surface area contributed by atoms with Crippen molar-refractivity contribution < 1.29 is 68.9 Å². The van der Waals surface area contributed by atoms with Gasteiger partial charge in [-0.1, -0.05) is 0 Å². The molecule has 0 aliphatic rings. The summed E-state index contributed by atoms with van der Waals surface area (Å²) in [7, 11) is 0. The Morgan fingerprint density at radius 1 is 0.577 bits per heavy atom. The van der Waals surface area contributed by atoms with Crippen molar-refractivity contribution in [1.82, 2.24) is 0 Å². The molecular formula is C12H14O14. The molecule has 0 aromatic rings. The average Bonchev–Trinajstić information content (AvgIpc) is 2.56. The van der Waals surface area contributed by atoms with Crippen molar-refractivity contribution in [3.8, 4) is 0 Å². The van der Waals surface area contributed by atoms with E-state index < -0.39 is 73.1 Å².